The Morgan fingerprint density at radius 1 is 1.12 bits per heavy atom. The van der Waals surface area contributed by atoms with Crippen molar-refractivity contribution < 1.29 is 14.3 Å². The average molecular weight is 442 g/mol. The van der Waals surface area contributed by atoms with Gasteiger partial charge in [-0.1, -0.05) is 12.1 Å². The van der Waals surface area contributed by atoms with Crippen LogP contribution in [0.4, 0.5) is 11.6 Å². The van der Waals surface area contributed by atoms with Crippen LogP contribution in [-0.2, 0) is 27.2 Å². The Kier molecular flexibility index (Phi) is 7.51. The predicted molar refractivity (Wildman–Crippen MR) is 122 cm³/mol. The summed E-state index contributed by atoms with van der Waals surface area (Å²) in [6, 6.07) is 7.91. The molecule has 2 N–H and O–H groups in total. The smallest absolute Gasteiger partial charge is 0.255 e. The second-order valence-corrected chi connectivity index (χ2v) is 8.19. The van der Waals surface area contributed by atoms with Crippen molar-refractivity contribution in [2.45, 2.75) is 26.3 Å². The van der Waals surface area contributed by atoms with Crippen LogP contribution in [0.2, 0.25) is 0 Å². The van der Waals surface area contributed by atoms with Gasteiger partial charge in [-0.3, -0.25) is 19.5 Å². The van der Waals surface area contributed by atoms with Crippen molar-refractivity contribution in [1.82, 2.24) is 14.9 Å². The van der Waals surface area contributed by atoms with E-state index in [9.17, 15) is 9.59 Å². The van der Waals surface area contributed by atoms with Crippen molar-refractivity contribution in [2.24, 2.45) is 0 Å². The van der Waals surface area contributed by atoms with Gasteiger partial charge >= 0.3 is 0 Å². The Morgan fingerprint density at radius 2 is 1.84 bits per heavy atom. The largest absolute Gasteiger partial charge is 0.379 e. The SMILES string of the molecule is Cc1nc(N2CCOCC2)[nH]c(=O)c1CCC(=O)Nc1cccc(CN2CCOCC2)c1. The topological polar surface area (TPSA) is 99.8 Å². The molecule has 1 aromatic carbocycles. The highest BCUT2D eigenvalue weighted by Crippen LogP contribution is 2.15. The van der Waals surface area contributed by atoms with E-state index in [4.69, 9.17) is 9.47 Å². The van der Waals surface area contributed by atoms with Crippen LogP contribution in [0.5, 0.6) is 0 Å². The summed E-state index contributed by atoms with van der Waals surface area (Å²) in [5.74, 6) is 0.450. The second-order valence-electron chi connectivity index (χ2n) is 8.19. The molecule has 2 aliphatic heterocycles. The molecule has 4 rings (SSSR count). The summed E-state index contributed by atoms with van der Waals surface area (Å²) in [6.45, 7) is 8.67. The first-order chi connectivity index (χ1) is 15.6. The molecule has 2 saturated heterocycles. The molecule has 1 aromatic heterocycles. The van der Waals surface area contributed by atoms with E-state index < -0.39 is 0 Å². The molecule has 0 aliphatic carbocycles. The van der Waals surface area contributed by atoms with Crippen LogP contribution in [0.25, 0.3) is 0 Å². The van der Waals surface area contributed by atoms with Gasteiger partial charge in [0.05, 0.1) is 26.4 Å². The molecule has 0 unspecified atom stereocenters. The van der Waals surface area contributed by atoms with E-state index >= 15 is 0 Å². The molecule has 2 fully saturated rings. The number of carbonyl (C=O) groups excluding carboxylic acids is 1. The van der Waals surface area contributed by atoms with Gasteiger partial charge in [-0.25, -0.2) is 4.98 Å². The molecule has 0 spiro atoms. The van der Waals surface area contributed by atoms with Crippen LogP contribution in [0.15, 0.2) is 29.1 Å². The molecule has 2 aromatic rings. The zero-order valence-corrected chi connectivity index (χ0v) is 18.6. The van der Waals surface area contributed by atoms with Gasteiger partial charge in [0.2, 0.25) is 11.9 Å². The maximum atomic E-state index is 12.6. The molecule has 0 saturated carbocycles. The average Bonchev–Trinajstić information content (AvgIpc) is 2.80. The van der Waals surface area contributed by atoms with Crippen LogP contribution in [0.1, 0.15) is 23.2 Å². The lowest BCUT2D eigenvalue weighted by molar-refractivity contribution is -0.116. The lowest BCUT2D eigenvalue weighted by Gasteiger charge is -2.27. The summed E-state index contributed by atoms with van der Waals surface area (Å²) in [6.07, 6.45) is 0.563. The third-order valence-corrected chi connectivity index (χ3v) is 5.84. The molecule has 0 atom stereocenters. The van der Waals surface area contributed by atoms with Crippen LogP contribution >= 0.6 is 0 Å². The molecule has 172 valence electrons. The molecular weight excluding hydrogens is 410 g/mol. The number of benzene rings is 1. The van der Waals surface area contributed by atoms with Gasteiger partial charge in [-0.15, -0.1) is 0 Å². The van der Waals surface area contributed by atoms with Crippen molar-refractivity contribution in [3.8, 4) is 0 Å². The zero-order chi connectivity index (χ0) is 22.3. The third kappa shape index (κ3) is 5.93. The van der Waals surface area contributed by atoms with Crippen molar-refractivity contribution >= 4 is 17.5 Å². The Labute approximate surface area is 187 Å². The van der Waals surface area contributed by atoms with Crippen LogP contribution in [0.3, 0.4) is 0 Å². The fourth-order valence-electron chi connectivity index (χ4n) is 4.04. The Morgan fingerprint density at radius 3 is 2.56 bits per heavy atom. The minimum atomic E-state index is -0.181. The van der Waals surface area contributed by atoms with E-state index in [2.05, 4.69) is 26.3 Å². The number of ether oxygens (including phenoxy) is 2. The summed E-state index contributed by atoms with van der Waals surface area (Å²) in [4.78, 5) is 36.9. The first-order valence-electron chi connectivity index (χ1n) is 11.2. The monoisotopic (exact) mass is 441 g/mol. The van der Waals surface area contributed by atoms with Crippen LogP contribution < -0.4 is 15.8 Å². The number of aromatic nitrogens is 2. The molecule has 1 amide bonds. The number of rotatable bonds is 7. The summed E-state index contributed by atoms with van der Waals surface area (Å²) in [5.41, 5.74) is 2.96. The fourth-order valence-corrected chi connectivity index (χ4v) is 4.04. The van der Waals surface area contributed by atoms with E-state index in [1.165, 1.54) is 0 Å². The number of hydrogen-bond acceptors (Lipinski definition) is 7. The Balaban J connectivity index is 1.33. The number of aromatic amines is 1. The Hall–Kier alpha value is -2.75. The second kappa shape index (κ2) is 10.7. The maximum absolute atomic E-state index is 12.6. The number of H-pyrrole nitrogens is 1. The van der Waals surface area contributed by atoms with Crippen molar-refractivity contribution in [2.75, 3.05) is 62.8 Å². The summed E-state index contributed by atoms with van der Waals surface area (Å²) >= 11 is 0. The molecule has 3 heterocycles. The first kappa shape index (κ1) is 22.4. The number of carbonyl (C=O) groups is 1. The third-order valence-electron chi connectivity index (χ3n) is 5.84. The number of nitrogens with zero attached hydrogens (tertiary/aromatic N) is 3. The highest BCUT2D eigenvalue weighted by Gasteiger charge is 2.17. The van der Waals surface area contributed by atoms with Crippen LogP contribution in [0, 0.1) is 6.92 Å². The van der Waals surface area contributed by atoms with Crippen molar-refractivity contribution in [3.63, 3.8) is 0 Å². The number of anilines is 2. The van der Waals surface area contributed by atoms with E-state index in [-0.39, 0.29) is 17.9 Å². The summed E-state index contributed by atoms with van der Waals surface area (Å²) in [7, 11) is 0. The lowest BCUT2D eigenvalue weighted by atomic mass is 10.1. The molecular formula is C23H31N5O4. The van der Waals surface area contributed by atoms with E-state index in [0.717, 1.165) is 44.1 Å². The van der Waals surface area contributed by atoms with Gasteiger partial charge in [-0.05, 0) is 31.0 Å². The number of aryl methyl sites for hydroxylation is 1. The minimum absolute atomic E-state index is 0.121. The van der Waals surface area contributed by atoms with Crippen molar-refractivity contribution in [1.29, 1.82) is 0 Å². The molecule has 9 nitrogen and oxygen atoms in total. The van der Waals surface area contributed by atoms with Gasteiger partial charge in [0.1, 0.15) is 0 Å². The van der Waals surface area contributed by atoms with Gasteiger partial charge in [-0.2, -0.15) is 0 Å². The quantitative estimate of drug-likeness (QED) is 0.668. The highest BCUT2D eigenvalue weighted by atomic mass is 16.5. The molecule has 2 aliphatic rings. The van der Waals surface area contributed by atoms with Crippen molar-refractivity contribution in [3.05, 3.63) is 51.4 Å². The highest BCUT2D eigenvalue weighted by molar-refractivity contribution is 5.90. The Bertz CT molecular complexity index is 981. The fraction of sp³-hybridized carbons (Fsp3) is 0.522. The lowest BCUT2D eigenvalue weighted by Crippen LogP contribution is -2.38. The van der Waals surface area contributed by atoms with Gasteiger partial charge in [0.25, 0.3) is 5.56 Å². The molecule has 0 bridgehead atoms. The van der Waals surface area contributed by atoms with E-state index in [1.807, 2.05) is 30.0 Å². The maximum Gasteiger partial charge on any atom is 0.255 e. The number of amides is 1. The number of morpholine rings is 2. The summed E-state index contributed by atoms with van der Waals surface area (Å²) < 4.78 is 10.7. The first-order valence-corrected chi connectivity index (χ1v) is 11.2. The zero-order valence-electron chi connectivity index (χ0n) is 18.6. The number of nitrogens with one attached hydrogen (secondary N) is 2. The minimum Gasteiger partial charge on any atom is -0.379 e. The van der Waals surface area contributed by atoms with Gasteiger partial charge in [0.15, 0.2) is 0 Å². The normalized spacial score (nSPS) is 17.3. The standard InChI is InChI=1S/C23H31N5O4/c1-17-20(22(30)26-23(24-17)28-9-13-32-14-10-28)5-6-21(29)25-19-4-2-3-18(15-19)16-27-7-11-31-12-8-27/h2-4,15H,5-14,16H2,1H3,(H,25,29)(H,24,26,30). The predicted octanol–water partition coefficient (Wildman–Crippen LogP) is 1.32. The molecule has 9 heteroatoms. The van der Waals surface area contributed by atoms with Gasteiger partial charge < -0.3 is 19.7 Å². The van der Waals surface area contributed by atoms with Crippen LogP contribution in [-0.4, -0.2) is 73.4 Å². The van der Waals surface area contributed by atoms with Gasteiger partial charge in [0, 0.05) is 56.1 Å². The van der Waals surface area contributed by atoms with E-state index in [1.54, 1.807) is 0 Å². The van der Waals surface area contributed by atoms with E-state index in [0.29, 0.717) is 49.9 Å². The number of hydrogen-bond donors (Lipinski definition) is 2. The molecule has 32 heavy (non-hydrogen) atoms. The summed E-state index contributed by atoms with van der Waals surface area (Å²) in [5, 5.41) is 2.95. The molecule has 0 radical (unpaired) electrons.